The van der Waals surface area contributed by atoms with Crippen LogP contribution in [0, 0.1) is 0 Å². The molecule has 0 spiro atoms. The molecule has 1 saturated carbocycles. The minimum Gasteiger partial charge on any atom is -0.364 e. The second-order valence-corrected chi connectivity index (χ2v) is 4.80. The number of nitrogens with two attached hydrogens (primary N) is 1. The van der Waals surface area contributed by atoms with Crippen LogP contribution in [0.3, 0.4) is 0 Å². The van der Waals surface area contributed by atoms with Gasteiger partial charge in [0.1, 0.15) is 5.69 Å². The molecule has 1 aromatic heterocycles. The number of hydrogen-bond donors (Lipinski definition) is 2. The van der Waals surface area contributed by atoms with Crippen molar-refractivity contribution in [2.45, 2.75) is 44.7 Å². The lowest BCUT2D eigenvalue weighted by Crippen LogP contribution is -2.28. The third kappa shape index (κ3) is 3.82. The molecule has 2 rings (SSSR count). The van der Waals surface area contributed by atoms with E-state index in [1.807, 2.05) is 6.07 Å². The Kier molecular flexibility index (Phi) is 3.74. The maximum atomic E-state index is 10.9. The van der Waals surface area contributed by atoms with Gasteiger partial charge in [-0.15, -0.1) is 0 Å². The van der Waals surface area contributed by atoms with Crippen molar-refractivity contribution in [1.82, 2.24) is 10.3 Å². The minimum atomic E-state index is -0.472. The number of nitrogens with zero attached hydrogens (tertiary/aromatic N) is 1. The van der Waals surface area contributed by atoms with Gasteiger partial charge in [0.2, 0.25) is 0 Å². The Bertz CT molecular complexity index is 384. The van der Waals surface area contributed by atoms with E-state index in [1.165, 1.54) is 12.8 Å². The van der Waals surface area contributed by atoms with Gasteiger partial charge in [0, 0.05) is 18.3 Å². The lowest BCUT2D eigenvalue weighted by atomic mass is 10.1. The number of hydrogen-bond acceptors (Lipinski definition) is 3. The quantitative estimate of drug-likeness (QED) is 0.777. The molecule has 1 amide bonds. The number of nitrogens with one attached hydrogen (secondary N) is 1. The zero-order chi connectivity index (χ0) is 12.3. The third-order valence-electron chi connectivity index (χ3n) is 3.04. The monoisotopic (exact) mass is 233 g/mol. The van der Waals surface area contributed by atoms with Crippen LogP contribution in [0.2, 0.25) is 0 Å². The van der Waals surface area contributed by atoms with E-state index in [1.54, 1.807) is 12.3 Å². The van der Waals surface area contributed by atoms with E-state index in [4.69, 9.17) is 5.73 Å². The summed E-state index contributed by atoms with van der Waals surface area (Å²) in [5.74, 6) is -0.472. The summed E-state index contributed by atoms with van der Waals surface area (Å²) in [5, 5.41) is 3.56. The third-order valence-corrected chi connectivity index (χ3v) is 3.04. The highest BCUT2D eigenvalue weighted by molar-refractivity contribution is 5.90. The molecular weight excluding hydrogens is 214 g/mol. The Hall–Kier alpha value is -1.42. The molecule has 1 aliphatic carbocycles. The number of rotatable bonds is 6. The highest BCUT2D eigenvalue weighted by Gasteiger charge is 2.22. The molecule has 4 heteroatoms. The Morgan fingerprint density at radius 3 is 2.88 bits per heavy atom. The molecule has 1 heterocycles. The molecule has 1 aromatic rings. The molecule has 0 aliphatic heterocycles. The fourth-order valence-corrected chi connectivity index (χ4v) is 1.84. The minimum absolute atomic E-state index is 0.331. The Balaban J connectivity index is 1.79. The van der Waals surface area contributed by atoms with Crippen LogP contribution in [-0.2, 0) is 6.42 Å². The summed E-state index contributed by atoms with van der Waals surface area (Å²) < 4.78 is 0. The molecular formula is C13H19N3O. The number of carbonyl (C=O) groups excluding carboxylic acids is 1. The summed E-state index contributed by atoms with van der Waals surface area (Å²) in [6.45, 7) is 2.21. The van der Waals surface area contributed by atoms with Gasteiger partial charge >= 0.3 is 0 Å². The highest BCUT2D eigenvalue weighted by Crippen LogP contribution is 2.20. The molecule has 0 saturated heterocycles. The number of primary amides is 1. The predicted octanol–water partition coefficient (Wildman–Crippen LogP) is 1.25. The van der Waals surface area contributed by atoms with Gasteiger partial charge in [-0.3, -0.25) is 9.78 Å². The van der Waals surface area contributed by atoms with E-state index >= 15 is 0 Å². The van der Waals surface area contributed by atoms with Crippen LogP contribution in [0.15, 0.2) is 18.3 Å². The van der Waals surface area contributed by atoms with Crippen LogP contribution in [0.5, 0.6) is 0 Å². The first kappa shape index (κ1) is 12.0. The van der Waals surface area contributed by atoms with Crippen LogP contribution in [0.4, 0.5) is 0 Å². The molecule has 3 N–H and O–H groups in total. The summed E-state index contributed by atoms with van der Waals surface area (Å²) in [5.41, 5.74) is 6.62. The molecule has 0 unspecified atom stereocenters. The fourth-order valence-electron chi connectivity index (χ4n) is 1.84. The summed E-state index contributed by atoms with van der Waals surface area (Å²) >= 11 is 0. The van der Waals surface area contributed by atoms with E-state index in [0.29, 0.717) is 11.7 Å². The highest BCUT2D eigenvalue weighted by atomic mass is 16.1. The number of aromatic nitrogens is 1. The predicted molar refractivity (Wildman–Crippen MR) is 66.7 cm³/mol. The molecule has 1 fully saturated rings. The Labute approximate surface area is 102 Å². The molecule has 1 aliphatic rings. The molecule has 0 aromatic carbocycles. The van der Waals surface area contributed by atoms with Crippen molar-refractivity contribution in [1.29, 1.82) is 0 Å². The summed E-state index contributed by atoms with van der Waals surface area (Å²) in [6.07, 6.45) is 6.45. The lowest BCUT2D eigenvalue weighted by molar-refractivity contribution is 0.0995. The van der Waals surface area contributed by atoms with Gasteiger partial charge in [-0.2, -0.15) is 0 Å². The van der Waals surface area contributed by atoms with Crippen molar-refractivity contribution in [3.8, 4) is 0 Å². The van der Waals surface area contributed by atoms with Gasteiger partial charge in [0.25, 0.3) is 5.91 Å². The number of carbonyl (C=O) groups is 1. The first-order valence-corrected chi connectivity index (χ1v) is 6.16. The largest absolute Gasteiger partial charge is 0.364 e. The van der Waals surface area contributed by atoms with E-state index in [2.05, 4.69) is 17.2 Å². The molecule has 0 radical (unpaired) electrons. The number of aryl methyl sites for hydroxylation is 1. The van der Waals surface area contributed by atoms with Crippen LogP contribution in [0.1, 0.15) is 42.2 Å². The normalized spacial score (nSPS) is 16.8. The standard InChI is InChI=1S/C13H19N3O/c1-9(16-11-5-6-11)2-3-10-4-7-12(13(14)17)15-8-10/h4,7-9,11,16H,2-3,5-6H2,1H3,(H2,14,17)/t9-/m0/s1. The van der Waals surface area contributed by atoms with E-state index in [9.17, 15) is 4.79 Å². The van der Waals surface area contributed by atoms with Gasteiger partial charge in [-0.1, -0.05) is 6.07 Å². The second-order valence-electron chi connectivity index (χ2n) is 4.80. The summed E-state index contributed by atoms with van der Waals surface area (Å²) in [4.78, 5) is 14.9. The smallest absolute Gasteiger partial charge is 0.267 e. The topological polar surface area (TPSA) is 68.0 Å². The average molecular weight is 233 g/mol. The lowest BCUT2D eigenvalue weighted by Gasteiger charge is -2.12. The van der Waals surface area contributed by atoms with Crippen LogP contribution in [0.25, 0.3) is 0 Å². The number of amides is 1. The second kappa shape index (κ2) is 5.27. The fraction of sp³-hybridized carbons (Fsp3) is 0.538. The van der Waals surface area contributed by atoms with Crippen molar-refractivity contribution in [2.75, 3.05) is 0 Å². The van der Waals surface area contributed by atoms with E-state index in [-0.39, 0.29) is 0 Å². The number of pyridine rings is 1. The van der Waals surface area contributed by atoms with Crippen LogP contribution in [-0.4, -0.2) is 23.0 Å². The first-order valence-electron chi connectivity index (χ1n) is 6.16. The van der Waals surface area contributed by atoms with Gasteiger partial charge < -0.3 is 11.1 Å². The molecule has 0 bridgehead atoms. The average Bonchev–Trinajstić information content (AvgIpc) is 3.11. The van der Waals surface area contributed by atoms with Crippen molar-refractivity contribution >= 4 is 5.91 Å². The molecule has 4 nitrogen and oxygen atoms in total. The van der Waals surface area contributed by atoms with Crippen molar-refractivity contribution < 1.29 is 4.79 Å². The zero-order valence-corrected chi connectivity index (χ0v) is 10.1. The zero-order valence-electron chi connectivity index (χ0n) is 10.1. The molecule has 17 heavy (non-hydrogen) atoms. The maximum Gasteiger partial charge on any atom is 0.267 e. The summed E-state index contributed by atoms with van der Waals surface area (Å²) in [6, 6.07) is 4.91. The van der Waals surface area contributed by atoms with Crippen molar-refractivity contribution in [2.24, 2.45) is 5.73 Å². The van der Waals surface area contributed by atoms with Crippen LogP contribution >= 0.6 is 0 Å². The van der Waals surface area contributed by atoms with E-state index in [0.717, 1.165) is 24.4 Å². The van der Waals surface area contributed by atoms with Gasteiger partial charge in [-0.25, -0.2) is 0 Å². The van der Waals surface area contributed by atoms with Gasteiger partial charge in [-0.05, 0) is 44.2 Å². The van der Waals surface area contributed by atoms with Crippen LogP contribution < -0.4 is 11.1 Å². The Morgan fingerprint density at radius 1 is 1.59 bits per heavy atom. The van der Waals surface area contributed by atoms with Crippen molar-refractivity contribution in [3.05, 3.63) is 29.6 Å². The maximum absolute atomic E-state index is 10.9. The molecule has 1 atom stereocenters. The summed E-state index contributed by atoms with van der Waals surface area (Å²) in [7, 11) is 0. The Morgan fingerprint density at radius 2 is 2.35 bits per heavy atom. The molecule has 92 valence electrons. The van der Waals surface area contributed by atoms with Gasteiger partial charge in [0.05, 0.1) is 0 Å². The van der Waals surface area contributed by atoms with Crippen molar-refractivity contribution in [3.63, 3.8) is 0 Å². The van der Waals surface area contributed by atoms with E-state index < -0.39 is 5.91 Å². The first-order chi connectivity index (χ1) is 8.15. The van der Waals surface area contributed by atoms with Gasteiger partial charge in [0.15, 0.2) is 0 Å². The SMILES string of the molecule is C[C@@H](CCc1ccc(C(N)=O)nc1)NC1CC1.